The zero-order valence-corrected chi connectivity index (χ0v) is 5.81. The Morgan fingerprint density at radius 1 is 1.60 bits per heavy atom. The molecule has 0 spiro atoms. The number of amidine groups is 1. The molecule has 4 nitrogen and oxygen atoms in total. The highest BCUT2D eigenvalue weighted by molar-refractivity contribution is 5.84. The molecule has 0 aliphatic carbocycles. The Morgan fingerprint density at radius 3 is 2.20 bits per heavy atom. The van der Waals surface area contributed by atoms with E-state index < -0.39 is 12.3 Å². The summed E-state index contributed by atoms with van der Waals surface area (Å²) in [4.78, 5) is 0. The second-order valence-corrected chi connectivity index (χ2v) is 1.82. The fraction of sp³-hybridized carbons (Fsp3) is 0.750. The van der Waals surface area contributed by atoms with Crippen molar-refractivity contribution >= 4 is 5.84 Å². The van der Waals surface area contributed by atoms with E-state index in [1.807, 2.05) is 0 Å². The normalized spacial score (nSPS) is 12.8. The van der Waals surface area contributed by atoms with Gasteiger partial charge in [-0.25, -0.2) is 13.8 Å². The Kier molecular flexibility index (Phi) is 3.63. The van der Waals surface area contributed by atoms with Gasteiger partial charge in [-0.2, -0.15) is 5.10 Å². The first-order valence-corrected chi connectivity index (χ1v) is 2.57. The van der Waals surface area contributed by atoms with Crippen LogP contribution >= 0.6 is 0 Å². The van der Waals surface area contributed by atoms with Crippen molar-refractivity contribution in [1.82, 2.24) is 10.4 Å². The smallest absolute Gasteiger partial charge is 0.298 e. The van der Waals surface area contributed by atoms with E-state index in [9.17, 15) is 8.78 Å². The van der Waals surface area contributed by atoms with Crippen molar-refractivity contribution in [2.24, 2.45) is 10.9 Å². The summed E-state index contributed by atoms with van der Waals surface area (Å²) in [6, 6.07) is 0. The number of hydrogen-bond acceptors (Lipinski definition) is 3. The Morgan fingerprint density at radius 2 is 2.10 bits per heavy atom. The van der Waals surface area contributed by atoms with Crippen LogP contribution in [-0.2, 0) is 0 Å². The molecule has 10 heavy (non-hydrogen) atoms. The van der Waals surface area contributed by atoms with E-state index in [1.165, 1.54) is 5.01 Å². The Bertz CT molecular complexity index is 122. The predicted molar refractivity (Wildman–Crippen MR) is 34.4 cm³/mol. The summed E-state index contributed by atoms with van der Waals surface area (Å²) in [5, 5.41) is 4.17. The summed E-state index contributed by atoms with van der Waals surface area (Å²) < 4.78 is 23.5. The molecule has 0 aliphatic heterocycles. The summed E-state index contributed by atoms with van der Waals surface area (Å²) in [5.74, 6) is 4.10. The number of nitrogens with one attached hydrogen (secondary N) is 1. The monoisotopic (exact) mass is 152 g/mol. The Labute approximate surface area is 57.7 Å². The van der Waals surface area contributed by atoms with E-state index >= 15 is 0 Å². The van der Waals surface area contributed by atoms with Gasteiger partial charge in [-0.05, 0) is 0 Å². The number of nitrogens with two attached hydrogens (primary N) is 1. The predicted octanol–water partition coefficient (Wildman–Crippen LogP) is -0.410. The number of hydrazine groups is 1. The van der Waals surface area contributed by atoms with Crippen LogP contribution in [-0.4, -0.2) is 31.4 Å². The quantitative estimate of drug-likeness (QED) is 0.245. The molecule has 0 radical (unpaired) electrons. The molecule has 0 rings (SSSR count). The molecule has 3 N–H and O–H groups in total. The number of hydrazone groups is 1. The van der Waals surface area contributed by atoms with Crippen molar-refractivity contribution in [2.45, 2.75) is 6.43 Å². The average molecular weight is 152 g/mol. The number of rotatable bonds is 2. The summed E-state index contributed by atoms with van der Waals surface area (Å²) in [6.07, 6.45) is -2.66. The largest absolute Gasteiger partial charge is 0.321 e. The minimum absolute atomic E-state index is 0.537. The van der Waals surface area contributed by atoms with E-state index in [0.717, 1.165) is 0 Å². The van der Waals surface area contributed by atoms with Crippen LogP contribution < -0.4 is 11.3 Å². The second-order valence-electron chi connectivity index (χ2n) is 1.82. The molecule has 60 valence electrons. The zero-order chi connectivity index (χ0) is 8.15. The molecule has 0 heterocycles. The lowest BCUT2D eigenvalue weighted by atomic mass is 10.6. The van der Waals surface area contributed by atoms with Crippen LogP contribution in [0.15, 0.2) is 5.10 Å². The standard InChI is InChI=1S/C4H10F2N4/c1-10(2)9-4(8-7)3(5)6/h3H,7H2,1-2H3,(H,8,9). The average Bonchev–Trinajstić information content (AvgIpc) is 1.81. The van der Waals surface area contributed by atoms with Gasteiger partial charge < -0.3 is 11.3 Å². The van der Waals surface area contributed by atoms with Crippen LogP contribution in [0.5, 0.6) is 0 Å². The molecule has 0 saturated heterocycles. The van der Waals surface area contributed by atoms with Gasteiger partial charge in [0, 0.05) is 14.1 Å². The highest BCUT2D eigenvalue weighted by atomic mass is 19.3. The van der Waals surface area contributed by atoms with E-state index in [2.05, 4.69) is 16.4 Å². The number of hydrogen-bond donors (Lipinski definition) is 2. The maximum Gasteiger partial charge on any atom is 0.298 e. The second kappa shape index (κ2) is 3.99. The topological polar surface area (TPSA) is 53.6 Å². The lowest BCUT2D eigenvalue weighted by molar-refractivity contribution is 0.207. The van der Waals surface area contributed by atoms with Gasteiger partial charge in [-0.15, -0.1) is 0 Å². The molecule has 0 saturated carbocycles. The summed E-state index contributed by atoms with van der Waals surface area (Å²) in [6.45, 7) is 0. The molecule has 0 amide bonds. The first-order chi connectivity index (χ1) is 4.57. The van der Waals surface area contributed by atoms with Gasteiger partial charge in [0.15, 0.2) is 0 Å². The number of nitrogens with zero attached hydrogens (tertiary/aromatic N) is 2. The lowest BCUT2D eigenvalue weighted by Gasteiger charge is -2.13. The lowest BCUT2D eigenvalue weighted by Crippen LogP contribution is -2.40. The summed E-state index contributed by atoms with van der Waals surface area (Å²) in [5.41, 5.74) is 2.24. The van der Waals surface area contributed by atoms with Crippen molar-refractivity contribution in [1.29, 1.82) is 0 Å². The zero-order valence-electron chi connectivity index (χ0n) is 5.81. The third kappa shape index (κ3) is 3.18. The molecule has 0 aromatic heterocycles. The highest BCUT2D eigenvalue weighted by Gasteiger charge is 2.12. The van der Waals surface area contributed by atoms with E-state index in [4.69, 9.17) is 0 Å². The van der Waals surface area contributed by atoms with Crippen LogP contribution in [0.4, 0.5) is 8.78 Å². The molecular weight excluding hydrogens is 142 g/mol. The van der Waals surface area contributed by atoms with E-state index in [0.29, 0.717) is 0 Å². The van der Waals surface area contributed by atoms with Gasteiger partial charge in [0.25, 0.3) is 6.43 Å². The maximum atomic E-state index is 11.8. The van der Waals surface area contributed by atoms with Crippen LogP contribution in [0.3, 0.4) is 0 Å². The fourth-order valence-electron chi connectivity index (χ4n) is 0.363. The van der Waals surface area contributed by atoms with Crippen molar-refractivity contribution in [2.75, 3.05) is 14.1 Å². The first kappa shape index (κ1) is 9.09. The molecule has 6 heteroatoms. The van der Waals surface area contributed by atoms with Crippen molar-refractivity contribution < 1.29 is 8.78 Å². The van der Waals surface area contributed by atoms with Gasteiger partial charge in [-0.3, -0.25) is 0 Å². The van der Waals surface area contributed by atoms with E-state index in [-0.39, 0.29) is 0 Å². The Balaban J connectivity index is 3.86. The molecule has 0 fully saturated rings. The minimum atomic E-state index is -2.66. The van der Waals surface area contributed by atoms with Crippen LogP contribution in [0.1, 0.15) is 0 Å². The third-order valence-corrected chi connectivity index (χ3v) is 0.684. The van der Waals surface area contributed by atoms with Gasteiger partial charge >= 0.3 is 0 Å². The summed E-state index contributed by atoms with van der Waals surface area (Å²) >= 11 is 0. The van der Waals surface area contributed by atoms with Gasteiger partial charge in [0.2, 0.25) is 5.84 Å². The maximum absolute atomic E-state index is 11.8. The van der Waals surface area contributed by atoms with E-state index in [1.54, 1.807) is 14.1 Å². The Hall–Kier alpha value is -0.910. The van der Waals surface area contributed by atoms with Crippen LogP contribution in [0.2, 0.25) is 0 Å². The highest BCUT2D eigenvalue weighted by Crippen LogP contribution is 1.92. The van der Waals surface area contributed by atoms with Crippen molar-refractivity contribution in [3.05, 3.63) is 0 Å². The van der Waals surface area contributed by atoms with Gasteiger partial charge in [-0.1, -0.05) is 0 Å². The first-order valence-electron chi connectivity index (χ1n) is 2.57. The molecule has 0 aromatic rings. The molecule has 0 aromatic carbocycles. The van der Waals surface area contributed by atoms with Crippen molar-refractivity contribution in [3.8, 4) is 0 Å². The third-order valence-electron chi connectivity index (χ3n) is 0.684. The fourth-order valence-corrected chi connectivity index (χ4v) is 0.363. The van der Waals surface area contributed by atoms with Crippen molar-refractivity contribution in [3.63, 3.8) is 0 Å². The molecular formula is C4H10F2N4. The number of alkyl halides is 2. The van der Waals surface area contributed by atoms with Gasteiger partial charge in [0.05, 0.1) is 0 Å². The van der Waals surface area contributed by atoms with Crippen LogP contribution in [0.25, 0.3) is 0 Å². The van der Waals surface area contributed by atoms with Crippen LogP contribution in [0, 0.1) is 0 Å². The molecule has 0 bridgehead atoms. The molecule has 0 aliphatic rings. The molecule has 0 atom stereocenters. The SMILES string of the molecule is CN(C)NC(=NN)C(F)F. The molecule has 0 unspecified atom stereocenters. The van der Waals surface area contributed by atoms with Gasteiger partial charge in [0.1, 0.15) is 0 Å². The minimum Gasteiger partial charge on any atom is -0.321 e. The number of halogens is 2. The summed E-state index contributed by atoms with van der Waals surface area (Å²) in [7, 11) is 3.13.